The van der Waals surface area contributed by atoms with Gasteiger partial charge in [0.15, 0.2) is 5.82 Å². The Labute approximate surface area is 142 Å². The van der Waals surface area contributed by atoms with E-state index in [2.05, 4.69) is 20.8 Å². The zero-order chi connectivity index (χ0) is 16.1. The third-order valence-electron chi connectivity index (χ3n) is 3.04. The van der Waals surface area contributed by atoms with Crippen molar-refractivity contribution in [1.29, 1.82) is 0 Å². The molecule has 0 aliphatic rings. The Morgan fingerprint density at radius 1 is 1.04 bits per heavy atom. The van der Waals surface area contributed by atoms with Gasteiger partial charge in [0.05, 0.1) is 4.88 Å². The maximum Gasteiger partial charge on any atom is 0.266 e. The van der Waals surface area contributed by atoms with Crippen molar-refractivity contribution in [2.45, 2.75) is 6.54 Å². The van der Waals surface area contributed by atoms with Crippen molar-refractivity contribution in [3.05, 3.63) is 69.4 Å². The maximum atomic E-state index is 11.9. The van der Waals surface area contributed by atoms with Crippen LogP contribution in [-0.4, -0.2) is 16.1 Å². The zero-order valence-corrected chi connectivity index (χ0v) is 13.6. The number of aromatic nitrogens is 2. The lowest BCUT2D eigenvalue weighted by molar-refractivity contribution is 0.103. The van der Waals surface area contributed by atoms with Crippen LogP contribution in [-0.2, 0) is 6.54 Å². The Hall–Kier alpha value is -2.44. The van der Waals surface area contributed by atoms with Crippen LogP contribution in [0.3, 0.4) is 0 Å². The third-order valence-corrected chi connectivity index (χ3v) is 4.16. The molecule has 2 aromatic heterocycles. The average Bonchev–Trinajstić information content (AvgIpc) is 3.10. The lowest BCUT2D eigenvalue weighted by Crippen LogP contribution is -2.12. The minimum Gasteiger partial charge on any atom is -0.365 e. The fourth-order valence-electron chi connectivity index (χ4n) is 1.87. The predicted octanol–water partition coefficient (Wildman–Crippen LogP) is 4.06. The molecule has 0 radical (unpaired) electrons. The summed E-state index contributed by atoms with van der Waals surface area (Å²) in [5, 5.41) is 16.5. The lowest BCUT2D eigenvalue weighted by Gasteiger charge is -2.06. The van der Waals surface area contributed by atoms with E-state index in [0.717, 1.165) is 5.56 Å². The first-order valence-electron chi connectivity index (χ1n) is 6.87. The molecule has 3 rings (SSSR count). The molecular weight excluding hydrogens is 332 g/mol. The number of carbonyl (C=O) groups excluding carboxylic acids is 1. The molecular formula is C16H13ClN4OS. The second-order valence-corrected chi connectivity index (χ2v) is 6.10. The van der Waals surface area contributed by atoms with Crippen LogP contribution in [0.4, 0.5) is 11.6 Å². The second-order valence-electron chi connectivity index (χ2n) is 4.72. The fourth-order valence-corrected chi connectivity index (χ4v) is 2.62. The summed E-state index contributed by atoms with van der Waals surface area (Å²) in [5.41, 5.74) is 1.09. The number of hydrogen-bond acceptors (Lipinski definition) is 5. The number of rotatable bonds is 5. The quantitative estimate of drug-likeness (QED) is 0.732. The molecule has 2 N–H and O–H groups in total. The summed E-state index contributed by atoms with van der Waals surface area (Å²) in [6, 6.07) is 14.6. The number of carbonyl (C=O) groups is 1. The van der Waals surface area contributed by atoms with E-state index < -0.39 is 0 Å². The van der Waals surface area contributed by atoms with Crippen molar-refractivity contribution in [2.24, 2.45) is 0 Å². The van der Waals surface area contributed by atoms with Crippen molar-refractivity contribution >= 4 is 40.5 Å². The molecule has 0 aliphatic heterocycles. The van der Waals surface area contributed by atoms with Crippen LogP contribution in [0.5, 0.6) is 0 Å². The van der Waals surface area contributed by atoms with Gasteiger partial charge in [0.2, 0.25) is 0 Å². The minimum atomic E-state index is -0.184. The summed E-state index contributed by atoms with van der Waals surface area (Å²) in [4.78, 5) is 12.5. The van der Waals surface area contributed by atoms with Gasteiger partial charge in [-0.05, 0) is 41.3 Å². The molecule has 0 unspecified atom stereocenters. The van der Waals surface area contributed by atoms with E-state index in [9.17, 15) is 4.79 Å². The van der Waals surface area contributed by atoms with Crippen LogP contribution in [0.15, 0.2) is 53.9 Å². The smallest absolute Gasteiger partial charge is 0.266 e. The fraction of sp³-hybridized carbons (Fsp3) is 0.0625. The molecule has 3 aromatic rings. The topological polar surface area (TPSA) is 66.9 Å². The number of benzene rings is 1. The maximum absolute atomic E-state index is 11.9. The summed E-state index contributed by atoms with van der Waals surface area (Å²) in [7, 11) is 0. The van der Waals surface area contributed by atoms with Gasteiger partial charge in [-0.15, -0.1) is 21.5 Å². The molecule has 0 fully saturated rings. The molecule has 116 valence electrons. The van der Waals surface area contributed by atoms with Gasteiger partial charge >= 0.3 is 0 Å². The second kappa shape index (κ2) is 7.21. The Bertz CT molecular complexity index is 773. The summed E-state index contributed by atoms with van der Waals surface area (Å²) < 4.78 is 0. The van der Waals surface area contributed by atoms with Crippen LogP contribution in [0, 0.1) is 0 Å². The highest BCUT2D eigenvalue weighted by Gasteiger charge is 2.07. The number of anilines is 2. The molecule has 0 saturated carbocycles. The van der Waals surface area contributed by atoms with Gasteiger partial charge < -0.3 is 10.6 Å². The first kappa shape index (κ1) is 15.5. The van der Waals surface area contributed by atoms with Gasteiger partial charge in [-0.1, -0.05) is 29.8 Å². The number of amides is 1. The van der Waals surface area contributed by atoms with Crippen molar-refractivity contribution in [3.8, 4) is 0 Å². The van der Waals surface area contributed by atoms with Gasteiger partial charge in [0.1, 0.15) is 5.82 Å². The number of nitrogens with zero attached hydrogens (tertiary/aromatic N) is 2. The molecule has 7 heteroatoms. The average molecular weight is 345 g/mol. The van der Waals surface area contributed by atoms with Crippen LogP contribution in [0.2, 0.25) is 5.02 Å². The zero-order valence-electron chi connectivity index (χ0n) is 12.0. The first-order chi connectivity index (χ1) is 11.2. The first-order valence-corrected chi connectivity index (χ1v) is 8.13. The number of nitrogens with one attached hydrogen (secondary N) is 2. The normalized spacial score (nSPS) is 10.3. The number of halogens is 1. The van der Waals surface area contributed by atoms with Crippen molar-refractivity contribution in [3.63, 3.8) is 0 Å². The van der Waals surface area contributed by atoms with Gasteiger partial charge in [0, 0.05) is 11.6 Å². The van der Waals surface area contributed by atoms with Gasteiger partial charge in [-0.25, -0.2) is 0 Å². The van der Waals surface area contributed by atoms with Crippen LogP contribution < -0.4 is 10.6 Å². The third kappa shape index (κ3) is 4.28. The lowest BCUT2D eigenvalue weighted by atomic mass is 10.2. The highest BCUT2D eigenvalue weighted by molar-refractivity contribution is 7.12. The standard InChI is InChI=1S/C16H13ClN4OS/c17-12-5-3-11(4-6-12)10-18-14-7-8-15(21-20-14)19-16(22)13-2-1-9-23-13/h1-9H,10H2,(H,18,20)(H,19,21,22). The van der Waals surface area contributed by atoms with E-state index in [0.29, 0.717) is 28.1 Å². The highest BCUT2D eigenvalue weighted by atomic mass is 35.5. The van der Waals surface area contributed by atoms with E-state index in [1.54, 1.807) is 18.2 Å². The molecule has 0 bridgehead atoms. The molecule has 1 aromatic carbocycles. The van der Waals surface area contributed by atoms with E-state index in [1.807, 2.05) is 35.7 Å². The Kier molecular flexibility index (Phi) is 4.85. The Morgan fingerprint density at radius 2 is 1.78 bits per heavy atom. The SMILES string of the molecule is O=C(Nc1ccc(NCc2ccc(Cl)cc2)nn1)c1cccs1. The van der Waals surface area contributed by atoms with Gasteiger partial charge in [0.25, 0.3) is 5.91 Å². The molecule has 5 nitrogen and oxygen atoms in total. The summed E-state index contributed by atoms with van der Waals surface area (Å²) >= 11 is 7.23. The van der Waals surface area contributed by atoms with E-state index in [4.69, 9.17) is 11.6 Å². The summed E-state index contributed by atoms with van der Waals surface area (Å²) in [6.45, 7) is 0.618. The Morgan fingerprint density at radius 3 is 2.43 bits per heavy atom. The van der Waals surface area contributed by atoms with Crippen molar-refractivity contribution in [1.82, 2.24) is 10.2 Å². The van der Waals surface area contributed by atoms with Gasteiger partial charge in [-0.3, -0.25) is 4.79 Å². The van der Waals surface area contributed by atoms with Crippen molar-refractivity contribution in [2.75, 3.05) is 10.6 Å². The van der Waals surface area contributed by atoms with Crippen LogP contribution in [0.1, 0.15) is 15.2 Å². The minimum absolute atomic E-state index is 0.184. The molecule has 0 saturated heterocycles. The van der Waals surface area contributed by atoms with Crippen LogP contribution >= 0.6 is 22.9 Å². The van der Waals surface area contributed by atoms with Gasteiger partial charge in [-0.2, -0.15) is 0 Å². The molecule has 2 heterocycles. The van der Waals surface area contributed by atoms with E-state index in [-0.39, 0.29) is 5.91 Å². The Balaban J connectivity index is 1.56. The molecule has 23 heavy (non-hydrogen) atoms. The predicted molar refractivity (Wildman–Crippen MR) is 93.1 cm³/mol. The summed E-state index contributed by atoms with van der Waals surface area (Å²) in [5.74, 6) is 0.866. The highest BCUT2D eigenvalue weighted by Crippen LogP contribution is 2.13. The van der Waals surface area contributed by atoms with E-state index >= 15 is 0 Å². The molecule has 0 spiro atoms. The molecule has 0 aliphatic carbocycles. The van der Waals surface area contributed by atoms with Crippen molar-refractivity contribution < 1.29 is 4.79 Å². The molecule has 1 amide bonds. The number of thiophene rings is 1. The molecule has 0 atom stereocenters. The monoisotopic (exact) mass is 344 g/mol. The largest absolute Gasteiger partial charge is 0.365 e. The van der Waals surface area contributed by atoms with E-state index in [1.165, 1.54) is 11.3 Å². The summed E-state index contributed by atoms with van der Waals surface area (Å²) in [6.07, 6.45) is 0. The number of hydrogen-bond donors (Lipinski definition) is 2. The van der Waals surface area contributed by atoms with Crippen LogP contribution in [0.25, 0.3) is 0 Å².